The molecule has 0 aliphatic carbocycles. The summed E-state index contributed by atoms with van der Waals surface area (Å²) < 4.78 is 4.11. The van der Waals surface area contributed by atoms with E-state index in [0.29, 0.717) is 23.8 Å². The highest BCUT2D eigenvalue weighted by atomic mass is 35.5. The van der Waals surface area contributed by atoms with Gasteiger partial charge in [0, 0.05) is 93.2 Å². The van der Waals surface area contributed by atoms with Crippen molar-refractivity contribution < 1.29 is 0 Å². The zero-order chi connectivity index (χ0) is 37.4. The van der Waals surface area contributed by atoms with Gasteiger partial charge < -0.3 is 16.0 Å². The number of fused-ring (bicyclic) bond motifs is 1. The number of aryl methyl sites for hydroxylation is 1. The van der Waals surface area contributed by atoms with Crippen LogP contribution in [0.3, 0.4) is 0 Å². The molecule has 0 radical (unpaired) electrons. The summed E-state index contributed by atoms with van der Waals surface area (Å²) >= 11 is 6.17. The number of rotatable bonds is 11. The molecule has 8 heteroatoms. The average molecular weight is 710 g/mol. The second-order valence-corrected chi connectivity index (χ2v) is 13.8. The second kappa shape index (κ2) is 17.2. The Balaban J connectivity index is 1.31. The number of nitrogens with two attached hydrogens (primary N) is 2. The normalized spacial score (nSPS) is 13.9. The Hall–Kier alpha value is -5.34. The molecule has 4 N–H and O–H groups in total. The van der Waals surface area contributed by atoms with E-state index in [1.807, 2.05) is 68.2 Å². The quantitative estimate of drug-likeness (QED) is 0.0739. The summed E-state index contributed by atoms with van der Waals surface area (Å²) in [6.45, 7) is 22.6. The van der Waals surface area contributed by atoms with Crippen molar-refractivity contribution in [3.05, 3.63) is 116 Å². The topological polar surface area (TPSA) is 99.5 Å². The van der Waals surface area contributed by atoms with Crippen molar-refractivity contribution in [2.75, 3.05) is 6.54 Å². The molecule has 1 unspecified atom stereocenters. The SMILES string of the molecule is C=C(CN)C(CCC)n1c(=C)c2cccc(C#CCCCn3cc(C#CC4=C(C)C(C=NC(C)C)=C(c5ccc(Cl)cc5)N=C(N)C4)cn3)c2c1=C. The smallest absolute Gasteiger partial charge is 0.105 e. The van der Waals surface area contributed by atoms with Gasteiger partial charge in [-0.2, -0.15) is 5.10 Å². The van der Waals surface area contributed by atoms with E-state index in [9.17, 15) is 0 Å². The maximum absolute atomic E-state index is 6.44. The molecule has 1 atom stereocenters. The van der Waals surface area contributed by atoms with Crippen molar-refractivity contribution in [3.8, 4) is 23.7 Å². The lowest BCUT2D eigenvalue weighted by Gasteiger charge is -2.21. The van der Waals surface area contributed by atoms with Crippen LogP contribution < -0.4 is 22.2 Å². The van der Waals surface area contributed by atoms with Gasteiger partial charge in [0.1, 0.15) is 5.84 Å². The average Bonchev–Trinajstić information content (AvgIpc) is 3.65. The third kappa shape index (κ3) is 8.75. The van der Waals surface area contributed by atoms with Crippen molar-refractivity contribution in [2.24, 2.45) is 21.5 Å². The van der Waals surface area contributed by atoms with E-state index in [0.717, 1.165) is 98.4 Å². The van der Waals surface area contributed by atoms with Crippen LogP contribution >= 0.6 is 11.6 Å². The monoisotopic (exact) mass is 709 g/mol. The van der Waals surface area contributed by atoms with E-state index in [1.165, 1.54) is 0 Å². The van der Waals surface area contributed by atoms with E-state index in [1.54, 1.807) is 6.20 Å². The van der Waals surface area contributed by atoms with Crippen molar-refractivity contribution in [2.45, 2.75) is 78.4 Å². The van der Waals surface area contributed by atoms with Gasteiger partial charge in [0.2, 0.25) is 0 Å². The zero-order valence-corrected chi connectivity index (χ0v) is 31.5. The summed E-state index contributed by atoms with van der Waals surface area (Å²) in [7, 11) is 0. The Bertz CT molecular complexity index is 2320. The van der Waals surface area contributed by atoms with E-state index < -0.39 is 0 Å². The van der Waals surface area contributed by atoms with E-state index in [-0.39, 0.29) is 12.1 Å². The Labute approximate surface area is 312 Å². The summed E-state index contributed by atoms with van der Waals surface area (Å²) in [5, 5.41) is 9.16. The van der Waals surface area contributed by atoms with Crippen LogP contribution in [0, 0.1) is 23.7 Å². The fraction of sp³-hybridized carbons (Fsp3) is 0.295. The molecule has 266 valence electrons. The Kier molecular flexibility index (Phi) is 12.6. The van der Waals surface area contributed by atoms with Crippen molar-refractivity contribution in [3.63, 3.8) is 0 Å². The Morgan fingerprint density at radius 1 is 1.10 bits per heavy atom. The van der Waals surface area contributed by atoms with Crippen molar-refractivity contribution in [1.82, 2.24) is 14.3 Å². The lowest BCUT2D eigenvalue weighted by Crippen LogP contribution is -2.32. The number of amidine groups is 1. The molecule has 2 aromatic carbocycles. The molecule has 0 spiro atoms. The Morgan fingerprint density at radius 2 is 1.87 bits per heavy atom. The lowest BCUT2D eigenvalue weighted by molar-refractivity contribution is 0.504. The van der Waals surface area contributed by atoms with Crippen LogP contribution in [0.4, 0.5) is 0 Å². The number of hydrogen-bond acceptors (Lipinski definition) is 5. The van der Waals surface area contributed by atoms with Gasteiger partial charge in [0.25, 0.3) is 0 Å². The maximum Gasteiger partial charge on any atom is 0.105 e. The highest BCUT2D eigenvalue weighted by Crippen LogP contribution is 2.31. The molecule has 0 bridgehead atoms. The molecule has 0 saturated heterocycles. The van der Waals surface area contributed by atoms with Gasteiger partial charge in [-0.15, -0.1) is 0 Å². The predicted octanol–water partition coefficient (Wildman–Crippen LogP) is 7.32. The zero-order valence-electron chi connectivity index (χ0n) is 30.8. The minimum Gasteiger partial charge on any atom is -0.387 e. The first-order valence-electron chi connectivity index (χ1n) is 17.8. The minimum absolute atomic E-state index is 0.0678. The molecule has 0 amide bonds. The summed E-state index contributed by atoms with van der Waals surface area (Å²) in [4.78, 5) is 9.48. The highest BCUT2D eigenvalue weighted by molar-refractivity contribution is 6.30. The van der Waals surface area contributed by atoms with E-state index >= 15 is 0 Å². The molecule has 2 aromatic heterocycles. The molecule has 4 aromatic rings. The molecule has 5 rings (SSSR count). The van der Waals surface area contributed by atoms with Crippen molar-refractivity contribution >= 4 is 53.3 Å². The highest BCUT2D eigenvalue weighted by Gasteiger charge is 2.19. The predicted molar refractivity (Wildman–Crippen MR) is 221 cm³/mol. The van der Waals surface area contributed by atoms with Crippen LogP contribution in [0.5, 0.6) is 0 Å². The second-order valence-electron chi connectivity index (χ2n) is 13.3. The molecule has 0 fully saturated rings. The molecule has 1 aliphatic rings. The van der Waals surface area contributed by atoms with E-state index in [4.69, 9.17) is 28.1 Å². The van der Waals surface area contributed by atoms with Crippen LogP contribution in [-0.2, 0) is 6.54 Å². The van der Waals surface area contributed by atoms with Crippen LogP contribution in [0.25, 0.3) is 29.6 Å². The maximum atomic E-state index is 6.44. The summed E-state index contributed by atoms with van der Waals surface area (Å²) in [5.74, 6) is 13.9. The number of allylic oxidation sites excluding steroid dienone is 2. The van der Waals surface area contributed by atoms with Crippen LogP contribution in [0.1, 0.15) is 82.5 Å². The standard InChI is InChI=1S/C44H48ClN7/c1-8-13-41(30(4)25-46)52-32(6)39-16-12-15-35(43(39)33(52)7)14-10-9-11-23-51-28-34(26-49-51)17-18-37-24-42(47)50-44(36-19-21-38(45)22-20-36)40(31(37)5)27-48-29(2)3/h12,15-16,19-22,26-29,41H,4,6-9,11,13,23-25,46H2,1-3,5H3,(H2,47,50). The van der Waals surface area contributed by atoms with Gasteiger partial charge in [-0.1, -0.05) is 92.6 Å². The van der Waals surface area contributed by atoms with Crippen LogP contribution in [-0.4, -0.2) is 39.0 Å². The third-order valence-corrected chi connectivity index (χ3v) is 9.35. The number of aliphatic imine (C=N–C) groups is 2. The van der Waals surface area contributed by atoms with E-state index in [2.05, 4.69) is 77.1 Å². The van der Waals surface area contributed by atoms with Gasteiger partial charge in [-0.25, -0.2) is 4.99 Å². The molecule has 7 nitrogen and oxygen atoms in total. The van der Waals surface area contributed by atoms with Gasteiger partial charge >= 0.3 is 0 Å². The number of benzene rings is 2. The fourth-order valence-electron chi connectivity index (χ4n) is 6.35. The molecular formula is C44H48ClN7. The first kappa shape index (κ1) is 37.9. The van der Waals surface area contributed by atoms with Gasteiger partial charge in [-0.3, -0.25) is 9.67 Å². The fourth-order valence-corrected chi connectivity index (χ4v) is 6.48. The van der Waals surface area contributed by atoms with Gasteiger partial charge in [0.05, 0.1) is 23.5 Å². The van der Waals surface area contributed by atoms with Crippen LogP contribution in [0.2, 0.25) is 5.02 Å². The van der Waals surface area contributed by atoms with Gasteiger partial charge in [0.15, 0.2) is 0 Å². The summed E-state index contributed by atoms with van der Waals surface area (Å²) in [6.07, 6.45) is 9.59. The third-order valence-electron chi connectivity index (χ3n) is 9.10. The molecule has 52 heavy (non-hydrogen) atoms. The number of hydrogen-bond donors (Lipinski definition) is 2. The molecule has 0 saturated carbocycles. The number of aromatic nitrogens is 3. The number of halogens is 1. The van der Waals surface area contributed by atoms with Crippen molar-refractivity contribution in [1.29, 1.82) is 0 Å². The molecular weight excluding hydrogens is 662 g/mol. The molecule has 1 aliphatic heterocycles. The largest absolute Gasteiger partial charge is 0.387 e. The Morgan fingerprint density at radius 3 is 2.58 bits per heavy atom. The van der Waals surface area contributed by atoms with Crippen LogP contribution in [0.15, 0.2) is 93.7 Å². The minimum atomic E-state index is 0.0678. The summed E-state index contributed by atoms with van der Waals surface area (Å²) in [6, 6.07) is 14.0. The molecule has 3 heterocycles. The first-order chi connectivity index (χ1) is 25.0. The first-order valence-corrected chi connectivity index (χ1v) is 18.2. The van der Waals surface area contributed by atoms with Gasteiger partial charge in [-0.05, 0) is 63.0 Å². The summed E-state index contributed by atoms with van der Waals surface area (Å²) in [5.41, 5.74) is 19.6. The number of unbranched alkanes of at least 4 members (excludes halogenated alkanes) is 1. The number of nitrogens with zero attached hydrogens (tertiary/aromatic N) is 5. The lowest BCUT2D eigenvalue weighted by atomic mass is 9.97.